The molecule has 2 aliphatic rings. The van der Waals surface area contributed by atoms with Gasteiger partial charge in [0.2, 0.25) is 0 Å². The first-order valence-corrected chi connectivity index (χ1v) is 10.7. The van der Waals surface area contributed by atoms with E-state index in [-0.39, 0.29) is 31.8 Å². The predicted octanol–water partition coefficient (Wildman–Crippen LogP) is 2.20. The van der Waals surface area contributed by atoms with Crippen LogP contribution in [0.1, 0.15) is 33.6 Å². The highest BCUT2D eigenvalue weighted by Gasteiger charge is 2.54. The molecule has 176 valence electrons. The van der Waals surface area contributed by atoms with Gasteiger partial charge in [0.1, 0.15) is 24.0 Å². The molecular formula is C19H26Cl3NO8. The molecule has 2 saturated heterocycles. The van der Waals surface area contributed by atoms with E-state index >= 15 is 0 Å². The van der Waals surface area contributed by atoms with E-state index in [1.165, 1.54) is 13.0 Å². The minimum Gasteiger partial charge on any atom is -0.457 e. The van der Waals surface area contributed by atoms with Crippen LogP contribution >= 0.6 is 34.8 Å². The standard InChI is InChI=1S/C19H26Cl3NO8/c1-5-8-27-16-13(23-17(26)19(20,21)22)15(30-12(25)7-6-10(2)24)14-11(29-16)9-28-18(3,4)31-14/h5,11,13-16H,1,6-9H2,2-4H3,(H,23,26)/t11-,13-,14-,15-,16-/m1/s1. The number of ether oxygens (including phenoxy) is 5. The van der Waals surface area contributed by atoms with Crippen LogP contribution in [0.3, 0.4) is 0 Å². The summed E-state index contributed by atoms with van der Waals surface area (Å²) in [6.07, 6.45) is -2.32. The molecular weight excluding hydrogens is 477 g/mol. The predicted molar refractivity (Wildman–Crippen MR) is 112 cm³/mol. The van der Waals surface area contributed by atoms with Gasteiger partial charge in [-0.2, -0.15) is 0 Å². The van der Waals surface area contributed by atoms with Crippen molar-refractivity contribution in [3.05, 3.63) is 12.7 Å². The van der Waals surface area contributed by atoms with Crippen LogP contribution in [0.4, 0.5) is 0 Å². The van der Waals surface area contributed by atoms with Crippen LogP contribution in [0.15, 0.2) is 12.7 Å². The molecule has 2 heterocycles. The largest absolute Gasteiger partial charge is 0.457 e. The van der Waals surface area contributed by atoms with Crippen molar-refractivity contribution >= 4 is 52.5 Å². The first kappa shape index (κ1) is 26.3. The van der Waals surface area contributed by atoms with Crippen molar-refractivity contribution in [3.63, 3.8) is 0 Å². The zero-order valence-corrected chi connectivity index (χ0v) is 19.7. The maximum Gasteiger partial charge on any atom is 0.306 e. The Morgan fingerprint density at radius 2 is 1.94 bits per heavy atom. The van der Waals surface area contributed by atoms with Gasteiger partial charge in [-0.05, 0) is 20.8 Å². The number of Topliss-reactive ketones (excluding diaryl/α,β-unsaturated/α-hetero) is 1. The molecule has 5 atom stereocenters. The lowest BCUT2D eigenvalue weighted by molar-refractivity contribution is -0.368. The van der Waals surface area contributed by atoms with Gasteiger partial charge in [0.25, 0.3) is 9.70 Å². The number of nitrogens with one attached hydrogen (secondary N) is 1. The van der Waals surface area contributed by atoms with E-state index in [2.05, 4.69) is 11.9 Å². The van der Waals surface area contributed by atoms with Crippen LogP contribution < -0.4 is 5.32 Å². The number of esters is 1. The number of halogens is 3. The molecule has 9 nitrogen and oxygen atoms in total. The number of carbonyl (C=O) groups is 3. The fraction of sp³-hybridized carbons (Fsp3) is 0.737. The van der Waals surface area contributed by atoms with Crippen molar-refractivity contribution < 1.29 is 38.1 Å². The first-order valence-electron chi connectivity index (χ1n) is 9.60. The second-order valence-corrected chi connectivity index (χ2v) is 9.89. The van der Waals surface area contributed by atoms with Gasteiger partial charge < -0.3 is 33.8 Å². The Kier molecular flexibility index (Phi) is 9.15. The highest BCUT2D eigenvalue weighted by Crippen LogP contribution is 2.35. The third-order valence-corrected chi connectivity index (χ3v) is 5.06. The van der Waals surface area contributed by atoms with Gasteiger partial charge in [-0.15, -0.1) is 6.58 Å². The van der Waals surface area contributed by atoms with Crippen LogP contribution in [0.2, 0.25) is 0 Å². The average Bonchev–Trinajstić information content (AvgIpc) is 2.65. The Morgan fingerprint density at radius 1 is 1.26 bits per heavy atom. The minimum absolute atomic E-state index is 0.00712. The Hall–Kier alpha value is -0.940. The number of ketones is 1. The lowest BCUT2D eigenvalue weighted by Crippen LogP contribution is -2.70. The quantitative estimate of drug-likeness (QED) is 0.306. The lowest BCUT2D eigenvalue weighted by atomic mass is 9.95. The van der Waals surface area contributed by atoms with E-state index in [0.29, 0.717) is 0 Å². The van der Waals surface area contributed by atoms with Gasteiger partial charge in [-0.3, -0.25) is 9.59 Å². The van der Waals surface area contributed by atoms with Crippen molar-refractivity contribution in [3.8, 4) is 0 Å². The summed E-state index contributed by atoms with van der Waals surface area (Å²) >= 11 is 17.1. The van der Waals surface area contributed by atoms with Crippen molar-refractivity contribution in [1.29, 1.82) is 0 Å². The molecule has 1 N–H and O–H groups in total. The topological polar surface area (TPSA) is 109 Å². The smallest absolute Gasteiger partial charge is 0.306 e. The Bertz CT molecular complexity index is 696. The van der Waals surface area contributed by atoms with E-state index in [4.69, 9.17) is 58.5 Å². The number of hydrogen-bond donors (Lipinski definition) is 1. The summed E-state index contributed by atoms with van der Waals surface area (Å²) in [7, 11) is 0. The normalized spacial score (nSPS) is 30.1. The van der Waals surface area contributed by atoms with E-state index in [1.54, 1.807) is 13.8 Å². The molecule has 2 aliphatic heterocycles. The molecule has 0 aromatic carbocycles. The fourth-order valence-electron chi connectivity index (χ4n) is 3.15. The summed E-state index contributed by atoms with van der Waals surface area (Å²) in [5.74, 6) is -2.80. The van der Waals surface area contributed by atoms with Crippen LogP contribution in [0, 0.1) is 0 Å². The number of alkyl halides is 3. The first-order chi connectivity index (χ1) is 14.3. The second-order valence-electron chi connectivity index (χ2n) is 7.61. The molecule has 2 rings (SSSR count). The lowest BCUT2D eigenvalue weighted by Gasteiger charge is -2.50. The van der Waals surface area contributed by atoms with E-state index in [9.17, 15) is 14.4 Å². The monoisotopic (exact) mass is 501 g/mol. The Balaban J connectivity index is 2.34. The third kappa shape index (κ3) is 7.56. The summed E-state index contributed by atoms with van der Waals surface area (Å²) < 4.78 is 26.5. The van der Waals surface area contributed by atoms with Gasteiger partial charge in [0.15, 0.2) is 18.2 Å². The van der Waals surface area contributed by atoms with Gasteiger partial charge >= 0.3 is 5.97 Å². The summed E-state index contributed by atoms with van der Waals surface area (Å²) in [6, 6.07) is -1.08. The van der Waals surface area contributed by atoms with Crippen LogP contribution in [-0.4, -0.2) is 71.1 Å². The van der Waals surface area contributed by atoms with Crippen molar-refractivity contribution in [2.45, 2.75) is 73.8 Å². The fourth-order valence-corrected chi connectivity index (χ4v) is 3.31. The zero-order chi connectivity index (χ0) is 23.4. The summed E-state index contributed by atoms with van der Waals surface area (Å²) in [5.41, 5.74) is 0. The molecule has 12 heteroatoms. The Labute approximate surface area is 195 Å². The van der Waals surface area contributed by atoms with E-state index in [1.807, 2.05) is 0 Å². The Morgan fingerprint density at radius 3 is 2.52 bits per heavy atom. The molecule has 0 spiro atoms. The molecule has 0 aliphatic carbocycles. The van der Waals surface area contributed by atoms with Crippen molar-refractivity contribution in [2.75, 3.05) is 13.2 Å². The molecule has 2 fully saturated rings. The van der Waals surface area contributed by atoms with Crippen LogP contribution in [0.5, 0.6) is 0 Å². The molecule has 31 heavy (non-hydrogen) atoms. The van der Waals surface area contributed by atoms with Gasteiger partial charge in [-0.25, -0.2) is 0 Å². The van der Waals surface area contributed by atoms with Gasteiger partial charge in [0.05, 0.1) is 19.6 Å². The van der Waals surface area contributed by atoms with Crippen molar-refractivity contribution in [2.24, 2.45) is 0 Å². The molecule has 1 amide bonds. The number of rotatable bonds is 8. The molecule has 0 saturated carbocycles. The highest BCUT2D eigenvalue weighted by atomic mass is 35.6. The van der Waals surface area contributed by atoms with Crippen LogP contribution in [0.25, 0.3) is 0 Å². The SMILES string of the molecule is C=CCO[C@@H]1O[C@@H]2COC(C)(C)O[C@H]2[C@H](OC(=O)CCC(C)=O)[C@H]1NC(=O)C(Cl)(Cl)Cl. The number of amides is 1. The summed E-state index contributed by atoms with van der Waals surface area (Å²) in [5, 5.41) is 2.51. The second kappa shape index (κ2) is 10.8. The average molecular weight is 503 g/mol. The van der Waals surface area contributed by atoms with Crippen LogP contribution in [-0.2, 0) is 38.1 Å². The molecule has 0 aromatic rings. The molecule has 0 bridgehead atoms. The number of fused-ring (bicyclic) bond motifs is 1. The summed E-state index contributed by atoms with van der Waals surface area (Å²) in [6.45, 7) is 8.52. The minimum atomic E-state index is -2.28. The van der Waals surface area contributed by atoms with Crippen molar-refractivity contribution in [1.82, 2.24) is 5.32 Å². The van der Waals surface area contributed by atoms with E-state index in [0.717, 1.165) is 0 Å². The van der Waals surface area contributed by atoms with E-state index < -0.39 is 52.1 Å². The molecule has 0 radical (unpaired) electrons. The molecule has 0 unspecified atom stereocenters. The molecule has 0 aromatic heterocycles. The third-order valence-electron chi connectivity index (χ3n) is 4.54. The van der Waals surface area contributed by atoms with Gasteiger partial charge in [-0.1, -0.05) is 40.9 Å². The number of hydrogen-bond acceptors (Lipinski definition) is 8. The summed E-state index contributed by atoms with van der Waals surface area (Å²) in [4.78, 5) is 36.1. The zero-order valence-electron chi connectivity index (χ0n) is 17.4. The number of carbonyl (C=O) groups excluding carboxylic acids is 3. The maximum absolute atomic E-state index is 12.5. The van der Waals surface area contributed by atoms with Gasteiger partial charge in [0, 0.05) is 6.42 Å². The highest BCUT2D eigenvalue weighted by molar-refractivity contribution is 6.76. The maximum atomic E-state index is 12.5.